The molecule has 2 aromatic rings. The SMILES string of the molecule is C=CCC1CCC(c2ccc3cc(C#N)ccc3c2)CC1. The van der Waals surface area contributed by atoms with E-state index in [0.29, 0.717) is 5.92 Å². The fourth-order valence-corrected chi connectivity index (χ4v) is 3.55. The molecule has 0 unspecified atom stereocenters. The highest BCUT2D eigenvalue weighted by atomic mass is 14.3. The van der Waals surface area contributed by atoms with E-state index in [9.17, 15) is 0 Å². The average molecular weight is 275 g/mol. The summed E-state index contributed by atoms with van der Waals surface area (Å²) in [5.74, 6) is 1.54. The van der Waals surface area contributed by atoms with Gasteiger partial charge in [-0.3, -0.25) is 0 Å². The molecule has 1 nitrogen and oxygen atoms in total. The average Bonchev–Trinajstić information content (AvgIpc) is 2.55. The van der Waals surface area contributed by atoms with Crippen molar-refractivity contribution in [2.24, 2.45) is 5.92 Å². The molecule has 106 valence electrons. The largest absolute Gasteiger partial charge is 0.192 e. The molecule has 2 aromatic carbocycles. The van der Waals surface area contributed by atoms with E-state index in [1.165, 1.54) is 43.1 Å². The standard InChI is InChI=1S/C20H21N/c1-2-3-15-4-7-17(8-5-15)19-11-10-18-12-16(14-21)6-9-20(18)13-19/h2,6,9-13,15,17H,1,3-5,7-8H2. The monoisotopic (exact) mass is 275 g/mol. The number of benzene rings is 2. The molecule has 1 heteroatoms. The van der Waals surface area contributed by atoms with Crippen LogP contribution < -0.4 is 0 Å². The molecule has 1 fully saturated rings. The third-order valence-corrected chi connectivity index (χ3v) is 4.81. The zero-order chi connectivity index (χ0) is 14.7. The maximum atomic E-state index is 8.97. The van der Waals surface area contributed by atoms with Crippen molar-refractivity contribution in [3.63, 3.8) is 0 Å². The molecule has 0 heterocycles. The van der Waals surface area contributed by atoms with Gasteiger partial charge in [-0.1, -0.05) is 30.3 Å². The maximum Gasteiger partial charge on any atom is 0.0991 e. The zero-order valence-corrected chi connectivity index (χ0v) is 12.4. The van der Waals surface area contributed by atoms with Gasteiger partial charge in [0.15, 0.2) is 0 Å². The second-order valence-electron chi connectivity index (χ2n) is 6.18. The van der Waals surface area contributed by atoms with Crippen LogP contribution >= 0.6 is 0 Å². The van der Waals surface area contributed by atoms with Crippen LogP contribution in [0, 0.1) is 17.2 Å². The van der Waals surface area contributed by atoms with Crippen molar-refractivity contribution in [1.29, 1.82) is 5.26 Å². The Hall–Kier alpha value is -2.07. The van der Waals surface area contributed by atoms with Crippen molar-refractivity contribution >= 4 is 10.8 Å². The Labute approximate surface area is 126 Å². The molecule has 0 bridgehead atoms. The summed E-state index contributed by atoms with van der Waals surface area (Å²) in [5, 5.41) is 11.4. The van der Waals surface area contributed by atoms with E-state index < -0.39 is 0 Å². The topological polar surface area (TPSA) is 23.8 Å². The van der Waals surface area contributed by atoms with E-state index >= 15 is 0 Å². The molecule has 1 aliphatic carbocycles. The molecule has 3 rings (SSSR count). The molecule has 0 N–H and O–H groups in total. The Bertz CT molecular complexity index is 685. The molecule has 0 saturated heterocycles. The van der Waals surface area contributed by atoms with Crippen LogP contribution in [0.1, 0.15) is 49.1 Å². The summed E-state index contributed by atoms with van der Waals surface area (Å²) in [6.45, 7) is 3.86. The van der Waals surface area contributed by atoms with Gasteiger partial charge in [-0.05, 0) is 72.4 Å². The zero-order valence-electron chi connectivity index (χ0n) is 12.4. The fraction of sp³-hybridized carbons (Fsp3) is 0.350. The number of nitriles is 1. The molecule has 0 amide bonds. The highest BCUT2D eigenvalue weighted by Gasteiger charge is 2.21. The Morgan fingerprint density at radius 3 is 2.48 bits per heavy atom. The Morgan fingerprint density at radius 2 is 1.76 bits per heavy atom. The van der Waals surface area contributed by atoms with Crippen molar-refractivity contribution in [3.05, 3.63) is 60.2 Å². The van der Waals surface area contributed by atoms with Gasteiger partial charge >= 0.3 is 0 Å². The molecule has 0 atom stereocenters. The molecule has 0 aromatic heterocycles. The molecule has 1 saturated carbocycles. The first-order valence-corrected chi connectivity index (χ1v) is 7.85. The quantitative estimate of drug-likeness (QED) is 0.672. The van der Waals surface area contributed by atoms with Crippen LogP contribution in [-0.4, -0.2) is 0 Å². The highest BCUT2D eigenvalue weighted by Crippen LogP contribution is 2.38. The lowest BCUT2D eigenvalue weighted by Gasteiger charge is -2.28. The first kappa shape index (κ1) is 13.9. The number of fused-ring (bicyclic) bond motifs is 1. The highest BCUT2D eigenvalue weighted by molar-refractivity contribution is 5.84. The van der Waals surface area contributed by atoms with Crippen LogP contribution in [-0.2, 0) is 0 Å². The van der Waals surface area contributed by atoms with Crippen LogP contribution in [0.15, 0.2) is 49.1 Å². The summed E-state index contributed by atoms with van der Waals surface area (Å²) in [5.41, 5.74) is 2.20. The third kappa shape index (κ3) is 3.00. The van der Waals surface area contributed by atoms with Gasteiger partial charge in [0, 0.05) is 0 Å². The van der Waals surface area contributed by atoms with Gasteiger partial charge in [-0.25, -0.2) is 0 Å². The van der Waals surface area contributed by atoms with E-state index in [1.54, 1.807) is 0 Å². The minimum Gasteiger partial charge on any atom is -0.192 e. The fourth-order valence-electron chi connectivity index (χ4n) is 3.55. The van der Waals surface area contributed by atoms with E-state index in [1.807, 2.05) is 12.1 Å². The van der Waals surface area contributed by atoms with Crippen LogP contribution in [0.4, 0.5) is 0 Å². The van der Waals surface area contributed by atoms with Crippen LogP contribution in [0.2, 0.25) is 0 Å². The van der Waals surface area contributed by atoms with Crippen molar-refractivity contribution in [2.75, 3.05) is 0 Å². The second-order valence-corrected chi connectivity index (χ2v) is 6.18. The van der Waals surface area contributed by atoms with Crippen molar-refractivity contribution in [3.8, 4) is 6.07 Å². The second kappa shape index (κ2) is 6.14. The number of allylic oxidation sites excluding steroid dienone is 1. The van der Waals surface area contributed by atoms with E-state index in [0.717, 1.165) is 16.9 Å². The predicted octanol–water partition coefficient (Wildman–Crippen LogP) is 5.56. The van der Waals surface area contributed by atoms with Crippen LogP contribution in [0.3, 0.4) is 0 Å². The Kier molecular flexibility index (Phi) is 4.06. The summed E-state index contributed by atoms with van der Waals surface area (Å²) >= 11 is 0. The van der Waals surface area contributed by atoms with Crippen molar-refractivity contribution < 1.29 is 0 Å². The van der Waals surface area contributed by atoms with Crippen LogP contribution in [0.25, 0.3) is 10.8 Å². The minimum absolute atomic E-state index is 0.700. The molecule has 21 heavy (non-hydrogen) atoms. The first-order chi connectivity index (χ1) is 10.3. The van der Waals surface area contributed by atoms with Crippen molar-refractivity contribution in [1.82, 2.24) is 0 Å². The number of hydrogen-bond donors (Lipinski definition) is 0. The molecule has 1 aliphatic rings. The van der Waals surface area contributed by atoms with Gasteiger partial charge in [0.25, 0.3) is 0 Å². The molecular formula is C20H21N. The minimum atomic E-state index is 0.700. The Morgan fingerprint density at radius 1 is 1.05 bits per heavy atom. The normalized spacial score (nSPS) is 21.9. The summed E-state index contributed by atoms with van der Waals surface area (Å²) in [6.07, 6.45) is 8.46. The van der Waals surface area contributed by atoms with Gasteiger partial charge in [-0.2, -0.15) is 5.26 Å². The smallest absolute Gasteiger partial charge is 0.0991 e. The van der Waals surface area contributed by atoms with E-state index in [-0.39, 0.29) is 0 Å². The van der Waals surface area contributed by atoms with E-state index in [2.05, 4.69) is 43.0 Å². The summed E-state index contributed by atoms with van der Waals surface area (Å²) in [6, 6.07) is 14.9. The van der Waals surface area contributed by atoms with E-state index in [4.69, 9.17) is 5.26 Å². The van der Waals surface area contributed by atoms with Gasteiger partial charge < -0.3 is 0 Å². The molecule has 0 radical (unpaired) electrons. The molecule has 0 aliphatic heterocycles. The number of hydrogen-bond acceptors (Lipinski definition) is 1. The number of rotatable bonds is 3. The number of nitrogens with zero attached hydrogens (tertiary/aromatic N) is 1. The van der Waals surface area contributed by atoms with Gasteiger partial charge in [0.05, 0.1) is 11.6 Å². The summed E-state index contributed by atoms with van der Waals surface area (Å²) < 4.78 is 0. The predicted molar refractivity (Wildman–Crippen MR) is 88.2 cm³/mol. The first-order valence-electron chi connectivity index (χ1n) is 7.85. The summed E-state index contributed by atoms with van der Waals surface area (Å²) in [7, 11) is 0. The van der Waals surface area contributed by atoms with Crippen molar-refractivity contribution in [2.45, 2.75) is 38.0 Å². The Balaban J connectivity index is 1.79. The third-order valence-electron chi connectivity index (χ3n) is 4.81. The lowest BCUT2D eigenvalue weighted by atomic mass is 9.77. The van der Waals surface area contributed by atoms with Crippen LogP contribution in [0.5, 0.6) is 0 Å². The van der Waals surface area contributed by atoms with Gasteiger partial charge in [0.1, 0.15) is 0 Å². The molecule has 0 spiro atoms. The summed E-state index contributed by atoms with van der Waals surface area (Å²) in [4.78, 5) is 0. The van der Waals surface area contributed by atoms with Gasteiger partial charge in [-0.15, -0.1) is 6.58 Å². The lowest BCUT2D eigenvalue weighted by molar-refractivity contribution is 0.328. The van der Waals surface area contributed by atoms with Gasteiger partial charge in [0.2, 0.25) is 0 Å². The maximum absolute atomic E-state index is 8.97. The lowest BCUT2D eigenvalue weighted by Crippen LogP contribution is -2.12. The molecular weight excluding hydrogens is 254 g/mol.